The van der Waals surface area contributed by atoms with Crippen molar-refractivity contribution in [3.8, 4) is 0 Å². The van der Waals surface area contributed by atoms with Crippen LogP contribution in [-0.4, -0.2) is 18.9 Å². The van der Waals surface area contributed by atoms with E-state index < -0.39 is 0 Å². The summed E-state index contributed by atoms with van der Waals surface area (Å²) in [7, 11) is 0. The van der Waals surface area contributed by atoms with Gasteiger partial charge >= 0.3 is 5.97 Å². The summed E-state index contributed by atoms with van der Waals surface area (Å²) in [4.78, 5) is 10.9. The Morgan fingerprint density at radius 1 is 1.09 bits per heavy atom. The third-order valence-electron chi connectivity index (χ3n) is 4.06. The van der Waals surface area contributed by atoms with Gasteiger partial charge in [-0.1, -0.05) is 6.58 Å². The number of rotatable bonds is 11. The Morgan fingerprint density at radius 2 is 1.74 bits per heavy atom. The molecule has 0 saturated carbocycles. The number of hydrogen-bond donors (Lipinski definition) is 0. The summed E-state index contributed by atoms with van der Waals surface area (Å²) in [6, 6.07) is 0. The van der Waals surface area contributed by atoms with Crippen molar-refractivity contribution in [2.24, 2.45) is 0 Å². The smallest absolute Gasteiger partial charge is 0.330 e. The minimum Gasteiger partial charge on any atom is -0.463 e. The van der Waals surface area contributed by atoms with Gasteiger partial charge in [0.25, 0.3) is 0 Å². The van der Waals surface area contributed by atoms with E-state index in [0.29, 0.717) is 6.61 Å². The van der Waals surface area contributed by atoms with Crippen molar-refractivity contribution in [1.29, 1.82) is 0 Å². The number of hydrogen-bond acceptors (Lipinski definition) is 4. The molecule has 0 N–H and O–H groups in total. The second-order valence-electron chi connectivity index (χ2n) is 6.01. The topological polar surface area (TPSA) is 44.8 Å². The lowest BCUT2D eigenvalue weighted by atomic mass is 10.2. The molecule has 0 spiro atoms. The Hall–Kier alpha value is -1.71. The number of esters is 1. The summed E-state index contributed by atoms with van der Waals surface area (Å²) in [5.74, 6) is 1.80. The molecule has 0 radical (unpaired) electrons. The molecule has 0 fully saturated rings. The SMILES string of the molecule is C=CC(=O)OCCCCCC(OC1=CCCC1)OC1=CCCC1. The van der Waals surface area contributed by atoms with Gasteiger partial charge in [-0.05, 0) is 57.1 Å². The molecule has 23 heavy (non-hydrogen) atoms. The van der Waals surface area contributed by atoms with Gasteiger partial charge in [-0.3, -0.25) is 0 Å². The Balaban J connectivity index is 1.66. The molecular weight excluding hydrogens is 292 g/mol. The highest BCUT2D eigenvalue weighted by Crippen LogP contribution is 2.26. The van der Waals surface area contributed by atoms with Gasteiger partial charge in [-0.25, -0.2) is 4.79 Å². The molecule has 0 aromatic heterocycles. The van der Waals surface area contributed by atoms with E-state index in [0.717, 1.165) is 62.9 Å². The van der Waals surface area contributed by atoms with Gasteiger partial charge in [-0.15, -0.1) is 0 Å². The van der Waals surface area contributed by atoms with Gasteiger partial charge in [0.1, 0.15) is 0 Å². The Bertz CT molecular complexity index is 424. The minimum absolute atomic E-state index is 0.181. The first-order valence-electron chi connectivity index (χ1n) is 8.78. The van der Waals surface area contributed by atoms with Gasteiger partial charge in [0.15, 0.2) is 0 Å². The number of carbonyl (C=O) groups is 1. The minimum atomic E-state index is -0.351. The summed E-state index contributed by atoms with van der Waals surface area (Å²) in [6.45, 7) is 3.83. The third-order valence-corrected chi connectivity index (χ3v) is 4.06. The maximum atomic E-state index is 10.9. The van der Waals surface area contributed by atoms with Crippen molar-refractivity contribution < 1.29 is 19.0 Å². The molecule has 2 rings (SSSR count). The highest BCUT2D eigenvalue weighted by molar-refractivity contribution is 5.81. The van der Waals surface area contributed by atoms with Crippen LogP contribution in [0.3, 0.4) is 0 Å². The lowest BCUT2D eigenvalue weighted by Gasteiger charge is -2.22. The zero-order valence-electron chi connectivity index (χ0n) is 13.9. The van der Waals surface area contributed by atoms with Crippen LogP contribution >= 0.6 is 0 Å². The standard InChI is InChI=1S/C19H28O4/c1-2-18(20)21-15-9-3-4-14-19(22-16-10-5-6-11-16)23-17-12-7-8-13-17/h2,10,12,19H,1,3-9,11,13-15H2. The number of carbonyl (C=O) groups excluding carboxylic acids is 1. The van der Waals surface area contributed by atoms with Crippen LogP contribution in [0.25, 0.3) is 0 Å². The molecular formula is C19H28O4. The van der Waals surface area contributed by atoms with Crippen LogP contribution in [0, 0.1) is 0 Å². The monoisotopic (exact) mass is 320 g/mol. The van der Waals surface area contributed by atoms with Crippen molar-refractivity contribution in [1.82, 2.24) is 0 Å². The predicted molar refractivity (Wildman–Crippen MR) is 89.5 cm³/mol. The summed E-state index contributed by atoms with van der Waals surface area (Å²) >= 11 is 0. The molecule has 0 aliphatic heterocycles. The lowest BCUT2D eigenvalue weighted by molar-refractivity contribution is -0.137. The average molecular weight is 320 g/mol. The first kappa shape index (κ1) is 17.6. The fourth-order valence-corrected chi connectivity index (χ4v) is 2.80. The van der Waals surface area contributed by atoms with E-state index in [9.17, 15) is 4.79 Å². The van der Waals surface area contributed by atoms with Gasteiger partial charge in [-0.2, -0.15) is 0 Å². The second kappa shape index (κ2) is 10.1. The van der Waals surface area contributed by atoms with Crippen LogP contribution in [-0.2, 0) is 19.0 Å². The predicted octanol–water partition coefficient (Wildman–Crippen LogP) is 4.77. The van der Waals surface area contributed by atoms with Gasteiger partial charge in [0.2, 0.25) is 6.29 Å². The van der Waals surface area contributed by atoms with Crippen LogP contribution in [0.4, 0.5) is 0 Å². The largest absolute Gasteiger partial charge is 0.463 e. The molecule has 0 atom stereocenters. The van der Waals surface area contributed by atoms with Crippen molar-refractivity contribution in [2.75, 3.05) is 6.61 Å². The summed E-state index contributed by atoms with van der Waals surface area (Å²) < 4.78 is 17.0. The Morgan fingerprint density at radius 3 is 2.26 bits per heavy atom. The van der Waals surface area contributed by atoms with Crippen molar-refractivity contribution in [3.05, 3.63) is 36.3 Å². The molecule has 0 bridgehead atoms. The fraction of sp³-hybridized carbons (Fsp3) is 0.632. The molecule has 2 aliphatic carbocycles. The van der Waals surface area contributed by atoms with Crippen LogP contribution in [0.15, 0.2) is 36.3 Å². The van der Waals surface area contributed by atoms with E-state index in [4.69, 9.17) is 14.2 Å². The molecule has 0 aromatic rings. The number of ether oxygens (including phenoxy) is 3. The lowest BCUT2D eigenvalue weighted by Crippen LogP contribution is -2.16. The number of allylic oxidation sites excluding steroid dienone is 4. The molecule has 4 heteroatoms. The fourth-order valence-electron chi connectivity index (χ4n) is 2.80. The maximum Gasteiger partial charge on any atom is 0.330 e. The molecule has 0 aromatic carbocycles. The Labute approximate surface area is 139 Å². The van der Waals surface area contributed by atoms with E-state index in [-0.39, 0.29) is 12.3 Å². The maximum absolute atomic E-state index is 10.9. The quantitative estimate of drug-likeness (QED) is 0.238. The average Bonchev–Trinajstić information content (AvgIpc) is 3.24. The molecule has 0 saturated heterocycles. The summed E-state index contributed by atoms with van der Waals surface area (Å²) in [5, 5.41) is 0. The van der Waals surface area contributed by atoms with Crippen LogP contribution < -0.4 is 0 Å². The molecule has 2 aliphatic rings. The summed E-state index contributed by atoms with van der Waals surface area (Å²) in [5.41, 5.74) is 0. The van der Waals surface area contributed by atoms with Gasteiger partial charge in [0.05, 0.1) is 18.1 Å². The molecule has 0 amide bonds. The van der Waals surface area contributed by atoms with Gasteiger partial charge < -0.3 is 14.2 Å². The molecule has 0 unspecified atom stereocenters. The zero-order valence-corrected chi connectivity index (χ0v) is 13.9. The molecule has 128 valence electrons. The summed E-state index contributed by atoms with van der Waals surface area (Å²) in [6.07, 6.45) is 15.7. The molecule has 4 nitrogen and oxygen atoms in total. The highest BCUT2D eigenvalue weighted by atomic mass is 16.7. The third kappa shape index (κ3) is 6.93. The van der Waals surface area contributed by atoms with Gasteiger partial charge in [0, 0.05) is 25.3 Å². The first-order valence-corrected chi connectivity index (χ1v) is 8.78. The van der Waals surface area contributed by atoms with Crippen molar-refractivity contribution in [2.45, 2.75) is 70.5 Å². The van der Waals surface area contributed by atoms with Crippen LogP contribution in [0.2, 0.25) is 0 Å². The van der Waals surface area contributed by atoms with E-state index in [1.165, 1.54) is 18.9 Å². The van der Waals surface area contributed by atoms with E-state index in [1.54, 1.807) is 0 Å². The zero-order chi connectivity index (χ0) is 16.3. The van der Waals surface area contributed by atoms with E-state index in [2.05, 4.69) is 18.7 Å². The normalized spacial score (nSPS) is 16.9. The second-order valence-corrected chi connectivity index (χ2v) is 6.01. The van der Waals surface area contributed by atoms with E-state index >= 15 is 0 Å². The number of unbranched alkanes of at least 4 members (excludes halogenated alkanes) is 2. The highest BCUT2D eigenvalue weighted by Gasteiger charge is 2.18. The first-order chi connectivity index (χ1) is 11.3. The Kier molecular flexibility index (Phi) is 7.78. The molecule has 0 heterocycles. The van der Waals surface area contributed by atoms with Crippen LogP contribution in [0.1, 0.15) is 64.2 Å². The van der Waals surface area contributed by atoms with Crippen LogP contribution in [0.5, 0.6) is 0 Å². The van der Waals surface area contributed by atoms with Crippen molar-refractivity contribution in [3.63, 3.8) is 0 Å². The van der Waals surface area contributed by atoms with Crippen molar-refractivity contribution >= 4 is 5.97 Å². The van der Waals surface area contributed by atoms with E-state index in [1.807, 2.05) is 0 Å².